The fourth-order valence-electron chi connectivity index (χ4n) is 1.97. The third-order valence-corrected chi connectivity index (χ3v) is 3.38. The average Bonchev–Trinajstić information content (AvgIpc) is 2.87. The molecule has 2 atom stereocenters. The molecular weight excluding hydrogens is 232 g/mol. The zero-order chi connectivity index (χ0) is 13.1. The van der Waals surface area contributed by atoms with Crippen molar-refractivity contribution in [3.8, 4) is 0 Å². The lowest BCUT2D eigenvalue weighted by Crippen LogP contribution is -2.42. The molecule has 1 aromatic rings. The lowest BCUT2D eigenvalue weighted by Gasteiger charge is -2.34. The molecule has 1 fully saturated rings. The second kappa shape index (κ2) is 5.77. The van der Waals surface area contributed by atoms with Gasteiger partial charge in [0.2, 0.25) is 11.7 Å². The van der Waals surface area contributed by atoms with E-state index in [4.69, 9.17) is 9.26 Å². The summed E-state index contributed by atoms with van der Waals surface area (Å²) in [5, 5.41) is 7.10. The molecule has 18 heavy (non-hydrogen) atoms. The molecule has 0 radical (unpaired) electrons. The number of aromatic nitrogens is 2. The topological polar surface area (TPSA) is 63.4 Å². The van der Waals surface area contributed by atoms with Crippen LogP contribution in [0.4, 0.5) is 0 Å². The van der Waals surface area contributed by atoms with Gasteiger partial charge in [-0.3, -0.25) is 4.90 Å². The molecule has 0 amide bonds. The van der Waals surface area contributed by atoms with Crippen molar-refractivity contribution in [1.82, 2.24) is 20.4 Å². The lowest BCUT2D eigenvalue weighted by atomic mass is 10.2. The predicted molar refractivity (Wildman–Crippen MR) is 67.2 cm³/mol. The Morgan fingerprint density at radius 1 is 1.39 bits per heavy atom. The van der Waals surface area contributed by atoms with E-state index < -0.39 is 0 Å². The van der Waals surface area contributed by atoms with Crippen LogP contribution in [0.2, 0.25) is 0 Å². The van der Waals surface area contributed by atoms with Gasteiger partial charge in [-0.25, -0.2) is 0 Å². The van der Waals surface area contributed by atoms with Crippen LogP contribution in [-0.4, -0.2) is 47.8 Å². The van der Waals surface area contributed by atoms with Crippen LogP contribution in [-0.2, 0) is 4.74 Å². The Morgan fingerprint density at radius 2 is 2.17 bits per heavy atom. The van der Waals surface area contributed by atoms with E-state index in [0.717, 1.165) is 13.1 Å². The Morgan fingerprint density at radius 3 is 2.83 bits per heavy atom. The summed E-state index contributed by atoms with van der Waals surface area (Å²) in [5.74, 6) is 1.26. The second-order valence-corrected chi connectivity index (χ2v) is 4.95. The van der Waals surface area contributed by atoms with Crippen LogP contribution < -0.4 is 5.32 Å². The van der Waals surface area contributed by atoms with Gasteiger partial charge in [-0.05, 0) is 27.8 Å². The quantitative estimate of drug-likeness (QED) is 0.869. The molecule has 1 aromatic heterocycles. The largest absolute Gasteiger partial charge is 0.367 e. The summed E-state index contributed by atoms with van der Waals surface area (Å²) in [7, 11) is 1.87. The lowest BCUT2D eigenvalue weighted by molar-refractivity contribution is -0.0450. The fourth-order valence-corrected chi connectivity index (χ4v) is 1.97. The van der Waals surface area contributed by atoms with E-state index in [2.05, 4.69) is 34.2 Å². The number of nitrogens with zero attached hydrogens (tertiary/aromatic N) is 3. The van der Waals surface area contributed by atoms with E-state index in [9.17, 15) is 0 Å². The van der Waals surface area contributed by atoms with Crippen molar-refractivity contribution in [3.05, 3.63) is 11.7 Å². The van der Waals surface area contributed by atoms with Gasteiger partial charge in [0.05, 0.1) is 12.6 Å². The van der Waals surface area contributed by atoms with E-state index in [0.29, 0.717) is 24.4 Å². The molecule has 1 aliphatic heterocycles. The van der Waals surface area contributed by atoms with Gasteiger partial charge >= 0.3 is 0 Å². The summed E-state index contributed by atoms with van der Waals surface area (Å²) in [6, 6.07) is 0.579. The van der Waals surface area contributed by atoms with Gasteiger partial charge in [-0.15, -0.1) is 0 Å². The molecule has 1 N–H and O–H groups in total. The average molecular weight is 254 g/mol. The van der Waals surface area contributed by atoms with Crippen molar-refractivity contribution >= 4 is 0 Å². The molecule has 1 aliphatic rings. The van der Waals surface area contributed by atoms with Gasteiger partial charge in [0.1, 0.15) is 6.10 Å². The Bertz CT molecular complexity index is 380. The smallest absolute Gasteiger partial charge is 0.243 e. The zero-order valence-electron chi connectivity index (χ0n) is 11.5. The van der Waals surface area contributed by atoms with Crippen LogP contribution in [0.15, 0.2) is 4.52 Å². The first-order valence-corrected chi connectivity index (χ1v) is 6.48. The summed E-state index contributed by atoms with van der Waals surface area (Å²) < 4.78 is 11.0. The Hall–Kier alpha value is -0.980. The fraction of sp³-hybridized carbons (Fsp3) is 0.833. The third-order valence-electron chi connectivity index (χ3n) is 3.38. The minimum absolute atomic E-state index is 0.0658. The molecule has 1 saturated heterocycles. The van der Waals surface area contributed by atoms with Crippen molar-refractivity contribution in [2.75, 3.05) is 26.7 Å². The molecule has 2 rings (SSSR count). The number of rotatable bonds is 4. The van der Waals surface area contributed by atoms with Crippen LogP contribution in [0.1, 0.15) is 44.6 Å². The van der Waals surface area contributed by atoms with Gasteiger partial charge in [0, 0.05) is 19.1 Å². The first kappa shape index (κ1) is 13.5. The standard InChI is InChI=1S/C12H22N4O2/c1-8(2)16-5-6-17-10(7-16)11-14-12(18-15-11)9(3)13-4/h8-10,13H,5-7H2,1-4H3. The van der Waals surface area contributed by atoms with E-state index in [-0.39, 0.29) is 12.1 Å². The summed E-state index contributed by atoms with van der Waals surface area (Å²) in [6.45, 7) is 8.87. The molecule has 6 heteroatoms. The van der Waals surface area contributed by atoms with Crippen molar-refractivity contribution in [2.24, 2.45) is 0 Å². The van der Waals surface area contributed by atoms with Crippen LogP contribution in [0, 0.1) is 0 Å². The third kappa shape index (κ3) is 2.88. The van der Waals surface area contributed by atoms with Crippen LogP contribution in [0.5, 0.6) is 0 Å². The summed E-state index contributed by atoms with van der Waals surface area (Å²) in [5.41, 5.74) is 0. The van der Waals surface area contributed by atoms with E-state index in [1.54, 1.807) is 0 Å². The van der Waals surface area contributed by atoms with Gasteiger partial charge in [0.25, 0.3) is 0 Å². The number of morpholine rings is 1. The maximum absolute atomic E-state index is 5.72. The highest BCUT2D eigenvalue weighted by atomic mass is 16.5. The first-order valence-electron chi connectivity index (χ1n) is 6.48. The van der Waals surface area contributed by atoms with Gasteiger partial charge < -0.3 is 14.6 Å². The molecule has 2 heterocycles. The van der Waals surface area contributed by atoms with Crippen molar-refractivity contribution in [2.45, 2.75) is 39.0 Å². The first-order chi connectivity index (χ1) is 8.61. The van der Waals surface area contributed by atoms with E-state index >= 15 is 0 Å². The molecular formula is C12H22N4O2. The van der Waals surface area contributed by atoms with Crippen molar-refractivity contribution in [1.29, 1.82) is 0 Å². The Labute approximate surface area is 108 Å². The van der Waals surface area contributed by atoms with E-state index in [1.165, 1.54) is 0 Å². The Kier molecular flexibility index (Phi) is 4.31. The molecule has 102 valence electrons. The minimum atomic E-state index is -0.0808. The molecule has 2 unspecified atom stereocenters. The number of hydrogen-bond acceptors (Lipinski definition) is 6. The second-order valence-electron chi connectivity index (χ2n) is 4.95. The monoisotopic (exact) mass is 254 g/mol. The van der Waals surface area contributed by atoms with Crippen molar-refractivity contribution < 1.29 is 9.26 Å². The van der Waals surface area contributed by atoms with Gasteiger partial charge in [-0.1, -0.05) is 5.16 Å². The van der Waals surface area contributed by atoms with Crippen LogP contribution >= 0.6 is 0 Å². The zero-order valence-corrected chi connectivity index (χ0v) is 11.5. The minimum Gasteiger partial charge on any atom is -0.367 e. The Balaban J connectivity index is 2.04. The molecule has 0 aliphatic carbocycles. The van der Waals surface area contributed by atoms with Crippen LogP contribution in [0.25, 0.3) is 0 Å². The highest BCUT2D eigenvalue weighted by Crippen LogP contribution is 2.22. The maximum Gasteiger partial charge on any atom is 0.243 e. The molecule has 0 aromatic carbocycles. The molecule has 0 saturated carbocycles. The molecule has 0 spiro atoms. The highest BCUT2D eigenvalue weighted by Gasteiger charge is 2.27. The van der Waals surface area contributed by atoms with Crippen LogP contribution in [0.3, 0.4) is 0 Å². The highest BCUT2D eigenvalue weighted by molar-refractivity contribution is 4.96. The van der Waals surface area contributed by atoms with Crippen molar-refractivity contribution in [3.63, 3.8) is 0 Å². The number of hydrogen-bond donors (Lipinski definition) is 1. The number of nitrogens with one attached hydrogen (secondary N) is 1. The molecule has 0 bridgehead atoms. The number of ether oxygens (including phenoxy) is 1. The van der Waals surface area contributed by atoms with Gasteiger partial charge in [0.15, 0.2) is 0 Å². The molecule has 6 nitrogen and oxygen atoms in total. The van der Waals surface area contributed by atoms with Gasteiger partial charge in [-0.2, -0.15) is 4.98 Å². The van der Waals surface area contributed by atoms with E-state index in [1.807, 2.05) is 14.0 Å². The maximum atomic E-state index is 5.72. The summed E-state index contributed by atoms with van der Waals surface area (Å²) >= 11 is 0. The normalized spacial score (nSPS) is 23.5. The summed E-state index contributed by atoms with van der Waals surface area (Å²) in [4.78, 5) is 6.77. The predicted octanol–water partition coefficient (Wildman–Crippen LogP) is 1.13. The summed E-state index contributed by atoms with van der Waals surface area (Å²) in [6.07, 6.45) is -0.0808. The SMILES string of the molecule is CNC(C)c1nc(C2CN(C(C)C)CCO2)no1.